The molecule has 1 fully saturated rings. The van der Waals surface area contributed by atoms with Crippen LogP contribution in [0.5, 0.6) is 0 Å². The number of benzene rings is 1. The highest BCUT2D eigenvalue weighted by molar-refractivity contribution is 5.26. The van der Waals surface area contributed by atoms with Gasteiger partial charge in [0.05, 0.1) is 6.07 Å². The Hall–Kier alpha value is -1.37. The first-order chi connectivity index (χ1) is 9.19. The van der Waals surface area contributed by atoms with E-state index in [2.05, 4.69) is 54.4 Å². The van der Waals surface area contributed by atoms with Crippen LogP contribution in [0.1, 0.15) is 30.9 Å². The molecule has 1 aliphatic rings. The molecule has 0 radical (unpaired) electrons. The molecule has 2 rings (SSSR count). The Bertz CT molecular complexity index is 453. The Morgan fingerprint density at radius 3 is 2.58 bits per heavy atom. The third-order valence-electron chi connectivity index (χ3n) is 4.25. The number of piperidine rings is 1. The molecule has 1 aliphatic heterocycles. The van der Waals surface area contributed by atoms with Crippen LogP contribution in [-0.2, 0) is 6.54 Å². The second-order valence-electron chi connectivity index (χ2n) is 5.41. The lowest BCUT2D eigenvalue weighted by molar-refractivity contribution is 0.172. The average Bonchev–Trinajstić information content (AvgIpc) is 2.47. The fraction of sp³-hybridized carbons (Fsp3) is 0.562. The van der Waals surface area contributed by atoms with Crippen molar-refractivity contribution in [3.8, 4) is 6.07 Å². The van der Waals surface area contributed by atoms with Gasteiger partial charge < -0.3 is 4.90 Å². The second-order valence-corrected chi connectivity index (χ2v) is 5.41. The van der Waals surface area contributed by atoms with Gasteiger partial charge in [0, 0.05) is 19.6 Å². The van der Waals surface area contributed by atoms with Gasteiger partial charge in [-0.2, -0.15) is 5.26 Å². The van der Waals surface area contributed by atoms with Gasteiger partial charge in [-0.05, 0) is 37.4 Å². The Balaban J connectivity index is 1.97. The van der Waals surface area contributed by atoms with Crippen LogP contribution < -0.4 is 5.32 Å². The minimum atomic E-state index is -0.339. The number of aryl methyl sites for hydroxylation is 1. The van der Waals surface area contributed by atoms with E-state index in [4.69, 9.17) is 0 Å². The molecule has 0 aromatic heterocycles. The smallest absolute Gasteiger partial charge is 0.109 e. The molecule has 1 aromatic carbocycles. The van der Waals surface area contributed by atoms with Crippen molar-refractivity contribution < 1.29 is 0 Å². The molecule has 19 heavy (non-hydrogen) atoms. The number of hydrogen-bond donors (Lipinski definition) is 1. The molecule has 3 nitrogen and oxygen atoms in total. The lowest BCUT2D eigenvalue weighted by atomic mass is 9.88. The zero-order valence-electron chi connectivity index (χ0n) is 11.9. The molecule has 3 heteroatoms. The van der Waals surface area contributed by atoms with Crippen LogP contribution in [-0.4, -0.2) is 30.1 Å². The van der Waals surface area contributed by atoms with E-state index in [0.717, 1.165) is 39.0 Å². The predicted molar refractivity (Wildman–Crippen MR) is 77.7 cm³/mol. The number of nitriles is 1. The lowest BCUT2D eigenvalue weighted by Crippen LogP contribution is -2.52. The molecule has 102 valence electrons. The number of nitrogens with one attached hydrogen (secondary N) is 1. The molecule has 1 aromatic rings. The lowest BCUT2D eigenvalue weighted by Gasteiger charge is -2.37. The van der Waals surface area contributed by atoms with E-state index >= 15 is 0 Å². The largest absolute Gasteiger partial charge is 0.303 e. The van der Waals surface area contributed by atoms with Gasteiger partial charge >= 0.3 is 0 Å². The van der Waals surface area contributed by atoms with E-state index in [0.29, 0.717) is 0 Å². The molecule has 0 atom stereocenters. The summed E-state index contributed by atoms with van der Waals surface area (Å²) in [6.07, 6.45) is 1.84. The van der Waals surface area contributed by atoms with Gasteiger partial charge in [-0.25, -0.2) is 0 Å². The molecule has 0 saturated carbocycles. The van der Waals surface area contributed by atoms with E-state index in [1.165, 1.54) is 11.1 Å². The Morgan fingerprint density at radius 1 is 1.32 bits per heavy atom. The first-order valence-corrected chi connectivity index (χ1v) is 7.12. The highest BCUT2D eigenvalue weighted by atomic mass is 15.1. The van der Waals surface area contributed by atoms with Gasteiger partial charge in [0.15, 0.2) is 0 Å². The average molecular weight is 257 g/mol. The van der Waals surface area contributed by atoms with Gasteiger partial charge in [0.2, 0.25) is 0 Å². The summed E-state index contributed by atoms with van der Waals surface area (Å²) in [5, 5.41) is 13.0. The predicted octanol–water partition coefficient (Wildman–Crippen LogP) is 2.46. The summed E-state index contributed by atoms with van der Waals surface area (Å²) in [6, 6.07) is 10.9. The summed E-state index contributed by atoms with van der Waals surface area (Å²) in [4.78, 5) is 2.41. The number of nitrogens with zero attached hydrogens (tertiary/aromatic N) is 2. The Morgan fingerprint density at radius 2 is 2.00 bits per heavy atom. The Labute approximate surface area is 116 Å². The second kappa shape index (κ2) is 6.18. The normalized spacial score (nSPS) is 19.0. The summed E-state index contributed by atoms with van der Waals surface area (Å²) in [5.74, 6) is 0. The Kier molecular flexibility index (Phi) is 4.57. The van der Waals surface area contributed by atoms with E-state index in [-0.39, 0.29) is 5.54 Å². The highest BCUT2D eigenvalue weighted by Gasteiger charge is 2.33. The minimum Gasteiger partial charge on any atom is -0.303 e. The minimum absolute atomic E-state index is 0.339. The molecule has 1 N–H and O–H groups in total. The van der Waals surface area contributed by atoms with Gasteiger partial charge in [-0.3, -0.25) is 5.32 Å². The van der Waals surface area contributed by atoms with E-state index in [1.54, 1.807) is 0 Å². The molecular formula is C16H23N3. The van der Waals surface area contributed by atoms with E-state index < -0.39 is 0 Å². The van der Waals surface area contributed by atoms with Crippen molar-refractivity contribution >= 4 is 0 Å². The molecule has 0 spiro atoms. The maximum Gasteiger partial charge on any atom is 0.109 e. The zero-order chi connectivity index (χ0) is 13.7. The first-order valence-electron chi connectivity index (χ1n) is 7.12. The van der Waals surface area contributed by atoms with E-state index in [9.17, 15) is 5.26 Å². The fourth-order valence-corrected chi connectivity index (χ4v) is 2.65. The maximum atomic E-state index is 9.52. The molecule has 0 aliphatic carbocycles. The first kappa shape index (κ1) is 14.0. The highest BCUT2D eigenvalue weighted by Crippen LogP contribution is 2.22. The van der Waals surface area contributed by atoms with Crippen LogP contribution in [0.25, 0.3) is 0 Å². The summed E-state index contributed by atoms with van der Waals surface area (Å²) in [6.45, 7) is 8.21. The van der Waals surface area contributed by atoms with Gasteiger partial charge in [0.25, 0.3) is 0 Å². The van der Waals surface area contributed by atoms with Gasteiger partial charge in [-0.15, -0.1) is 0 Å². The van der Waals surface area contributed by atoms with Crippen LogP contribution >= 0.6 is 0 Å². The summed E-state index contributed by atoms with van der Waals surface area (Å²) < 4.78 is 0. The molecular weight excluding hydrogens is 234 g/mol. The van der Waals surface area contributed by atoms with Crippen molar-refractivity contribution in [2.75, 3.05) is 19.6 Å². The summed E-state index contributed by atoms with van der Waals surface area (Å²) in [5.41, 5.74) is 2.23. The third-order valence-corrected chi connectivity index (χ3v) is 4.25. The summed E-state index contributed by atoms with van der Waals surface area (Å²) in [7, 11) is 0. The number of rotatable bonds is 4. The van der Waals surface area contributed by atoms with Crippen molar-refractivity contribution in [3.63, 3.8) is 0 Å². The van der Waals surface area contributed by atoms with Crippen molar-refractivity contribution in [2.24, 2.45) is 0 Å². The van der Waals surface area contributed by atoms with Crippen molar-refractivity contribution in [3.05, 3.63) is 35.4 Å². The maximum absolute atomic E-state index is 9.52. The van der Waals surface area contributed by atoms with Crippen LogP contribution in [0, 0.1) is 18.3 Å². The third kappa shape index (κ3) is 3.34. The van der Waals surface area contributed by atoms with Crippen molar-refractivity contribution in [1.82, 2.24) is 10.2 Å². The number of likely N-dealkylation sites (tertiary alicyclic amines) is 1. The number of hydrogen-bond acceptors (Lipinski definition) is 3. The topological polar surface area (TPSA) is 39.1 Å². The van der Waals surface area contributed by atoms with Crippen LogP contribution in [0.15, 0.2) is 24.3 Å². The molecule has 0 amide bonds. The van der Waals surface area contributed by atoms with E-state index in [1.807, 2.05) is 0 Å². The molecule has 1 saturated heterocycles. The van der Waals surface area contributed by atoms with Crippen LogP contribution in [0.2, 0.25) is 0 Å². The van der Waals surface area contributed by atoms with Crippen LogP contribution in [0.3, 0.4) is 0 Å². The quantitative estimate of drug-likeness (QED) is 0.900. The fourth-order valence-electron chi connectivity index (χ4n) is 2.65. The molecule has 1 heterocycles. The van der Waals surface area contributed by atoms with Gasteiger partial charge in [-0.1, -0.05) is 31.2 Å². The molecule has 0 unspecified atom stereocenters. The monoisotopic (exact) mass is 257 g/mol. The zero-order valence-corrected chi connectivity index (χ0v) is 11.9. The van der Waals surface area contributed by atoms with Gasteiger partial charge in [0.1, 0.15) is 5.54 Å². The SMILES string of the molecule is CCN1CCC(C#N)(NCc2ccccc2C)CC1. The van der Waals surface area contributed by atoms with Crippen molar-refractivity contribution in [2.45, 2.75) is 38.8 Å². The summed E-state index contributed by atoms with van der Waals surface area (Å²) >= 11 is 0. The molecule has 0 bridgehead atoms. The standard InChI is InChI=1S/C16H23N3/c1-3-19-10-8-16(13-17,9-11-19)18-12-15-7-5-4-6-14(15)2/h4-7,18H,3,8-12H2,1-2H3. The van der Waals surface area contributed by atoms with Crippen molar-refractivity contribution in [1.29, 1.82) is 5.26 Å². The van der Waals surface area contributed by atoms with Crippen LogP contribution in [0.4, 0.5) is 0 Å².